The highest BCUT2D eigenvalue weighted by Crippen LogP contribution is 2.16. The molecule has 114 valence electrons. The molecule has 1 atom stereocenters. The Morgan fingerprint density at radius 2 is 1.95 bits per heavy atom. The fraction of sp³-hybridized carbons (Fsp3) is 0.500. The van der Waals surface area contributed by atoms with Gasteiger partial charge in [-0.2, -0.15) is 0 Å². The van der Waals surface area contributed by atoms with Crippen LogP contribution >= 0.6 is 11.6 Å². The number of nitrogens with zero attached hydrogens (tertiary/aromatic N) is 1. The Morgan fingerprint density at radius 1 is 1.33 bits per heavy atom. The highest BCUT2D eigenvalue weighted by atomic mass is 35.5. The Hall–Kier alpha value is -1.55. The maximum absolute atomic E-state index is 11.9. The summed E-state index contributed by atoms with van der Waals surface area (Å²) in [6, 6.07) is 7.84. The van der Waals surface area contributed by atoms with Gasteiger partial charge in [-0.05, 0) is 30.0 Å². The van der Waals surface area contributed by atoms with Crippen molar-refractivity contribution in [3.05, 3.63) is 34.9 Å². The molecule has 0 unspecified atom stereocenters. The molecule has 1 heterocycles. The van der Waals surface area contributed by atoms with E-state index >= 15 is 0 Å². The van der Waals surface area contributed by atoms with Gasteiger partial charge < -0.3 is 10.2 Å². The summed E-state index contributed by atoms with van der Waals surface area (Å²) >= 11 is 5.85. The number of halogens is 1. The number of likely N-dealkylation sites (tertiary alicyclic amines) is 1. The average Bonchev–Trinajstić information content (AvgIpc) is 2.35. The largest absolute Gasteiger partial charge is 0.350 e. The van der Waals surface area contributed by atoms with Gasteiger partial charge in [-0.1, -0.05) is 30.7 Å². The Morgan fingerprint density at radius 3 is 2.52 bits per heavy atom. The van der Waals surface area contributed by atoms with E-state index in [0.29, 0.717) is 19.5 Å². The van der Waals surface area contributed by atoms with Gasteiger partial charge in [0, 0.05) is 31.5 Å². The molecule has 0 spiro atoms. The van der Waals surface area contributed by atoms with Gasteiger partial charge in [-0.3, -0.25) is 9.59 Å². The average molecular weight is 309 g/mol. The molecular weight excluding hydrogens is 288 g/mol. The molecule has 0 bridgehead atoms. The van der Waals surface area contributed by atoms with E-state index in [2.05, 4.69) is 12.2 Å². The van der Waals surface area contributed by atoms with Crippen LogP contribution in [0.3, 0.4) is 0 Å². The van der Waals surface area contributed by atoms with Crippen molar-refractivity contribution in [2.45, 2.75) is 32.7 Å². The number of nitrogens with one attached hydrogen (secondary N) is 1. The van der Waals surface area contributed by atoms with Crippen LogP contribution in [0.25, 0.3) is 0 Å². The number of amides is 2. The lowest BCUT2D eigenvalue weighted by atomic mass is 9.97. The minimum absolute atomic E-state index is 0.0599. The maximum Gasteiger partial charge on any atom is 0.220 e. The molecule has 1 saturated heterocycles. The normalized spacial score (nSPS) is 16.2. The minimum Gasteiger partial charge on any atom is -0.350 e. The molecule has 1 N–H and O–H groups in total. The van der Waals surface area contributed by atoms with Gasteiger partial charge in [0.1, 0.15) is 0 Å². The highest BCUT2D eigenvalue weighted by Gasteiger charge is 2.29. The van der Waals surface area contributed by atoms with Crippen molar-refractivity contribution in [3.63, 3.8) is 0 Å². The van der Waals surface area contributed by atoms with Crippen molar-refractivity contribution in [2.24, 2.45) is 5.92 Å². The first-order valence-corrected chi connectivity index (χ1v) is 7.61. The summed E-state index contributed by atoms with van der Waals surface area (Å²) in [5, 5.41) is 3.70. The zero-order valence-electron chi connectivity index (χ0n) is 12.4. The van der Waals surface area contributed by atoms with Crippen molar-refractivity contribution >= 4 is 23.4 Å². The summed E-state index contributed by atoms with van der Waals surface area (Å²) in [6.45, 7) is 4.88. The molecule has 0 saturated carbocycles. The van der Waals surface area contributed by atoms with Crippen molar-refractivity contribution in [3.8, 4) is 0 Å². The monoisotopic (exact) mass is 308 g/mol. The first-order valence-electron chi connectivity index (χ1n) is 7.23. The standard InChI is InChI=1S/C16H21ClN2O2/c1-11(7-13-3-5-14(17)6-4-13)8-16(21)18-15-9-19(10-15)12(2)20/h3-6,11,15H,7-10H2,1-2H3,(H,18,21)/t11-/m0/s1. The van der Waals surface area contributed by atoms with Crippen LogP contribution in [0.1, 0.15) is 25.8 Å². The molecule has 2 rings (SSSR count). The number of rotatable bonds is 5. The zero-order chi connectivity index (χ0) is 15.4. The second kappa shape index (κ2) is 6.94. The molecule has 21 heavy (non-hydrogen) atoms. The van der Waals surface area contributed by atoms with Gasteiger partial charge >= 0.3 is 0 Å². The van der Waals surface area contributed by atoms with Crippen molar-refractivity contribution in [2.75, 3.05) is 13.1 Å². The third-order valence-corrected chi connectivity index (χ3v) is 3.98. The minimum atomic E-state index is 0.0599. The summed E-state index contributed by atoms with van der Waals surface area (Å²) in [4.78, 5) is 24.7. The van der Waals surface area contributed by atoms with Gasteiger partial charge in [0.15, 0.2) is 0 Å². The van der Waals surface area contributed by atoms with Crippen LogP contribution < -0.4 is 5.32 Å². The van der Waals surface area contributed by atoms with Crippen molar-refractivity contribution in [1.29, 1.82) is 0 Å². The fourth-order valence-corrected chi connectivity index (χ4v) is 2.65. The van der Waals surface area contributed by atoms with Crippen LogP contribution in [0, 0.1) is 5.92 Å². The van der Waals surface area contributed by atoms with Crippen LogP contribution in [0.4, 0.5) is 0 Å². The first-order chi connectivity index (χ1) is 9.94. The van der Waals surface area contributed by atoms with E-state index in [1.54, 1.807) is 11.8 Å². The quantitative estimate of drug-likeness (QED) is 0.907. The zero-order valence-corrected chi connectivity index (χ0v) is 13.2. The van der Waals surface area contributed by atoms with Crippen molar-refractivity contribution in [1.82, 2.24) is 10.2 Å². The molecule has 1 fully saturated rings. The van der Waals surface area contributed by atoms with Crippen LogP contribution in [0.5, 0.6) is 0 Å². The van der Waals surface area contributed by atoms with Gasteiger partial charge in [-0.15, -0.1) is 0 Å². The molecule has 2 amide bonds. The molecule has 1 aliphatic rings. The third kappa shape index (κ3) is 4.74. The Bertz CT molecular complexity index is 510. The SMILES string of the molecule is CC(=O)N1CC(NC(=O)C[C@@H](C)Cc2ccc(Cl)cc2)C1. The summed E-state index contributed by atoms with van der Waals surface area (Å²) in [7, 11) is 0. The Balaban J connectivity index is 1.70. The summed E-state index contributed by atoms with van der Waals surface area (Å²) in [6.07, 6.45) is 1.36. The van der Waals surface area contributed by atoms with Crippen LogP contribution in [-0.4, -0.2) is 35.8 Å². The molecule has 0 radical (unpaired) electrons. The van der Waals surface area contributed by atoms with E-state index in [1.165, 1.54) is 5.56 Å². The van der Waals surface area contributed by atoms with Gasteiger partial charge in [-0.25, -0.2) is 0 Å². The maximum atomic E-state index is 11.9. The van der Waals surface area contributed by atoms with Crippen LogP contribution in [-0.2, 0) is 16.0 Å². The molecule has 1 aliphatic heterocycles. The predicted octanol–water partition coefficient (Wildman–Crippen LogP) is 2.26. The summed E-state index contributed by atoms with van der Waals surface area (Å²) in [5.74, 6) is 0.399. The fourth-order valence-electron chi connectivity index (χ4n) is 2.53. The summed E-state index contributed by atoms with van der Waals surface area (Å²) < 4.78 is 0. The number of carbonyl (C=O) groups is 2. The smallest absolute Gasteiger partial charge is 0.220 e. The first kappa shape index (κ1) is 15.8. The second-order valence-electron chi connectivity index (χ2n) is 5.83. The van der Waals surface area contributed by atoms with E-state index < -0.39 is 0 Å². The number of hydrogen-bond acceptors (Lipinski definition) is 2. The molecular formula is C16H21ClN2O2. The lowest BCUT2D eigenvalue weighted by Gasteiger charge is -2.39. The van der Waals surface area contributed by atoms with E-state index in [4.69, 9.17) is 11.6 Å². The third-order valence-electron chi connectivity index (χ3n) is 3.72. The van der Waals surface area contributed by atoms with E-state index in [0.717, 1.165) is 11.4 Å². The predicted molar refractivity (Wildman–Crippen MR) is 83.1 cm³/mol. The molecule has 4 nitrogen and oxygen atoms in total. The number of benzene rings is 1. The molecule has 0 aromatic heterocycles. The Kier molecular flexibility index (Phi) is 5.23. The number of carbonyl (C=O) groups excluding carboxylic acids is 2. The molecule has 0 aliphatic carbocycles. The summed E-state index contributed by atoms with van der Waals surface area (Å²) in [5.41, 5.74) is 1.19. The molecule has 5 heteroatoms. The second-order valence-corrected chi connectivity index (χ2v) is 6.26. The molecule has 1 aromatic rings. The lowest BCUT2D eigenvalue weighted by molar-refractivity contribution is -0.136. The van der Waals surface area contributed by atoms with Crippen LogP contribution in [0.2, 0.25) is 5.02 Å². The van der Waals surface area contributed by atoms with Gasteiger partial charge in [0.25, 0.3) is 0 Å². The lowest BCUT2D eigenvalue weighted by Crippen LogP contribution is -2.60. The molecule has 1 aromatic carbocycles. The topological polar surface area (TPSA) is 49.4 Å². The van der Waals surface area contributed by atoms with E-state index in [1.807, 2.05) is 24.3 Å². The number of hydrogen-bond donors (Lipinski definition) is 1. The van der Waals surface area contributed by atoms with Crippen molar-refractivity contribution < 1.29 is 9.59 Å². The van der Waals surface area contributed by atoms with Gasteiger partial charge in [0.2, 0.25) is 11.8 Å². The van der Waals surface area contributed by atoms with E-state index in [-0.39, 0.29) is 23.8 Å². The van der Waals surface area contributed by atoms with Gasteiger partial charge in [0.05, 0.1) is 6.04 Å². The highest BCUT2D eigenvalue weighted by molar-refractivity contribution is 6.30. The van der Waals surface area contributed by atoms with E-state index in [9.17, 15) is 9.59 Å². The Labute approximate surface area is 130 Å². The van der Waals surface area contributed by atoms with Crippen LogP contribution in [0.15, 0.2) is 24.3 Å².